The van der Waals surface area contributed by atoms with Crippen LogP contribution in [0, 0.1) is 25.2 Å². The first kappa shape index (κ1) is 14.3. The minimum atomic E-state index is 0.615. The molecule has 5 nitrogen and oxygen atoms in total. The van der Waals surface area contributed by atoms with Crippen molar-refractivity contribution in [2.75, 3.05) is 25.5 Å². The highest BCUT2D eigenvalue weighted by molar-refractivity contribution is 7.21. The topological polar surface area (TPSA) is 64.9 Å². The molecule has 6 heteroatoms. The maximum absolute atomic E-state index is 8.57. The van der Waals surface area contributed by atoms with E-state index in [1.807, 2.05) is 14.0 Å². The van der Waals surface area contributed by atoms with Gasteiger partial charge in [-0.25, -0.2) is 0 Å². The summed E-state index contributed by atoms with van der Waals surface area (Å²) in [5.74, 6) is 1.28. The Labute approximate surface area is 128 Å². The fourth-order valence-corrected chi connectivity index (χ4v) is 4.06. The molecule has 3 rings (SSSR count). The molecule has 1 atom stereocenters. The van der Waals surface area contributed by atoms with Gasteiger partial charge in [-0.1, -0.05) is 6.92 Å². The molecule has 2 aromatic heterocycles. The molecule has 0 bridgehead atoms. The standard InChI is InChI=1S/C15H21N5S/c1-8-5-6-20(7-8)14(16)13-12(17-4)11-9(2)10(3)18-19-15(11)21-13/h8,16-17H,5-7H2,1-4H3/t8-/m1/s1. The minimum absolute atomic E-state index is 0.615. The van der Waals surface area contributed by atoms with E-state index in [1.165, 1.54) is 6.42 Å². The molecule has 1 aliphatic rings. The number of thiophene rings is 1. The zero-order valence-corrected chi connectivity index (χ0v) is 13.8. The van der Waals surface area contributed by atoms with Crippen LogP contribution in [-0.2, 0) is 0 Å². The summed E-state index contributed by atoms with van der Waals surface area (Å²) in [7, 11) is 1.92. The average Bonchev–Trinajstić information content (AvgIpc) is 3.06. The zero-order chi connectivity index (χ0) is 15.1. The number of likely N-dealkylation sites (tertiary alicyclic amines) is 1. The van der Waals surface area contributed by atoms with Gasteiger partial charge in [-0.3, -0.25) is 5.41 Å². The van der Waals surface area contributed by atoms with E-state index in [-0.39, 0.29) is 0 Å². The first-order chi connectivity index (χ1) is 10.0. The fraction of sp³-hybridized carbons (Fsp3) is 0.533. The summed E-state index contributed by atoms with van der Waals surface area (Å²) >= 11 is 1.57. The van der Waals surface area contributed by atoms with Gasteiger partial charge in [0.1, 0.15) is 10.7 Å². The molecule has 21 heavy (non-hydrogen) atoms. The van der Waals surface area contributed by atoms with Crippen LogP contribution in [0.1, 0.15) is 29.5 Å². The molecule has 1 saturated heterocycles. The van der Waals surface area contributed by atoms with Crippen molar-refractivity contribution >= 4 is 33.1 Å². The molecule has 0 aliphatic carbocycles. The number of hydrogen-bond acceptors (Lipinski definition) is 5. The molecular weight excluding hydrogens is 282 g/mol. The van der Waals surface area contributed by atoms with Crippen molar-refractivity contribution in [3.05, 3.63) is 16.1 Å². The van der Waals surface area contributed by atoms with E-state index in [0.29, 0.717) is 11.8 Å². The number of aryl methyl sites for hydroxylation is 2. The third-order valence-corrected chi connectivity index (χ3v) is 5.38. The van der Waals surface area contributed by atoms with Gasteiger partial charge in [0.25, 0.3) is 0 Å². The second kappa shape index (κ2) is 5.26. The van der Waals surface area contributed by atoms with E-state index >= 15 is 0 Å². The van der Waals surface area contributed by atoms with Crippen molar-refractivity contribution in [3.63, 3.8) is 0 Å². The summed E-state index contributed by atoms with van der Waals surface area (Å²) in [5.41, 5.74) is 3.12. The van der Waals surface area contributed by atoms with Crippen molar-refractivity contribution in [2.45, 2.75) is 27.2 Å². The minimum Gasteiger partial charge on any atom is -0.386 e. The Morgan fingerprint density at radius 2 is 2.14 bits per heavy atom. The number of hydrogen-bond donors (Lipinski definition) is 2. The number of nitrogens with zero attached hydrogens (tertiary/aromatic N) is 3. The van der Waals surface area contributed by atoms with Crippen LogP contribution in [0.2, 0.25) is 0 Å². The molecule has 2 aromatic rings. The Morgan fingerprint density at radius 1 is 1.38 bits per heavy atom. The molecule has 2 N–H and O–H groups in total. The highest BCUT2D eigenvalue weighted by atomic mass is 32.1. The lowest BCUT2D eigenvalue weighted by molar-refractivity contribution is 0.493. The number of fused-ring (bicyclic) bond motifs is 1. The highest BCUT2D eigenvalue weighted by Crippen LogP contribution is 2.38. The van der Waals surface area contributed by atoms with E-state index in [0.717, 1.165) is 45.1 Å². The SMILES string of the molecule is CNc1c(C(=N)N2CC[C@@H](C)C2)sc2nnc(C)c(C)c12. The lowest BCUT2D eigenvalue weighted by Crippen LogP contribution is -2.28. The average molecular weight is 303 g/mol. The van der Waals surface area contributed by atoms with Crippen molar-refractivity contribution in [1.82, 2.24) is 15.1 Å². The molecule has 112 valence electrons. The van der Waals surface area contributed by atoms with Crippen LogP contribution in [0.25, 0.3) is 10.2 Å². The molecule has 1 aliphatic heterocycles. The van der Waals surface area contributed by atoms with Crippen molar-refractivity contribution in [2.24, 2.45) is 5.92 Å². The van der Waals surface area contributed by atoms with Gasteiger partial charge in [0.05, 0.1) is 16.3 Å². The van der Waals surface area contributed by atoms with Gasteiger partial charge in [0, 0.05) is 25.5 Å². The predicted molar refractivity (Wildman–Crippen MR) is 88.6 cm³/mol. The predicted octanol–water partition coefficient (Wildman–Crippen LogP) is 3.02. The summed E-state index contributed by atoms with van der Waals surface area (Å²) < 4.78 is 0. The fourth-order valence-electron chi connectivity index (χ4n) is 2.90. The molecule has 0 saturated carbocycles. The number of aromatic nitrogens is 2. The molecule has 3 heterocycles. The summed E-state index contributed by atoms with van der Waals surface area (Å²) in [6.45, 7) is 8.24. The van der Waals surface area contributed by atoms with E-state index in [1.54, 1.807) is 11.3 Å². The smallest absolute Gasteiger partial charge is 0.149 e. The van der Waals surface area contributed by atoms with Crippen LogP contribution in [0.4, 0.5) is 5.69 Å². The van der Waals surface area contributed by atoms with Gasteiger partial charge in [-0.2, -0.15) is 5.10 Å². The maximum atomic E-state index is 8.57. The van der Waals surface area contributed by atoms with Crippen LogP contribution in [0.5, 0.6) is 0 Å². The number of rotatable bonds is 2. The number of amidine groups is 1. The first-order valence-corrected chi connectivity index (χ1v) is 8.12. The Balaban J connectivity index is 2.10. The van der Waals surface area contributed by atoms with Crippen LogP contribution < -0.4 is 5.32 Å². The largest absolute Gasteiger partial charge is 0.386 e. The molecule has 0 aromatic carbocycles. The lowest BCUT2D eigenvalue weighted by atomic mass is 10.1. The quantitative estimate of drug-likeness (QED) is 0.661. The monoisotopic (exact) mass is 303 g/mol. The van der Waals surface area contributed by atoms with E-state index < -0.39 is 0 Å². The second-order valence-corrected chi connectivity index (χ2v) is 6.83. The number of anilines is 1. The Bertz CT molecular complexity index is 706. The molecular formula is C15H21N5S. The van der Waals surface area contributed by atoms with Crippen molar-refractivity contribution in [1.29, 1.82) is 5.41 Å². The van der Waals surface area contributed by atoms with Gasteiger partial charge in [-0.05, 0) is 31.7 Å². The van der Waals surface area contributed by atoms with Gasteiger partial charge < -0.3 is 10.2 Å². The summed E-state index contributed by atoms with van der Waals surface area (Å²) in [6, 6.07) is 0. The third-order valence-electron chi connectivity index (χ3n) is 4.30. The Hall–Kier alpha value is -1.69. The summed E-state index contributed by atoms with van der Waals surface area (Å²) in [4.78, 5) is 4.06. The van der Waals surface area contributed by atoms with Crippen LogP contribution in [-0.4, -0.2) is 41.1 Å². The van der Waals surface area contributed by atoms with Crippen LogP contribution >= 0.6 is 11.3 Å². The van der Waals surface area contributed by atoms with E-state index in [9.17, 15) is 0 Å². The third kappa shape index (κ3) is 2.27. The molecule has 0 spiro atoms. The normalized spacial score (nSPS) is 18.5. The second-order valence-electron chi connectivity index (χ2n) is 5.84. The van der Waals surface area contributed by atoms with Crippen LogP contribution in [0.15, 0.2) is 0 Å². The zero-order valence-electron chi connectivity index (χ0n) is 12.9. The maximum Gasteiger partial charge on any atom is 0.149 e. The summed E-state index contributed by atoms with van der Waals surface area (Å²) in [5, 5.41) is 21.5. The van der Waals surface area contributed by atoms with Crippen molar-refractivity contribution < 1.29 is 0 Å². The first-order valence-electron chi connectivity index (χ1n) is 7.31. The van der Waals surface area contributed by atoms with Gasteiger partial charge in [-0.15, -0.1) is 16.4 Å². The highest BCUT2D eigenvalue weighted by Gasteiger charge is 2.26. The van der Waals surface area contributed by atoms with Crippen LogP contribution in [0.3, 0.4) is 0 Å². The van der Waals surface area contributed by atoms with Crippen molar-refractivity contribution in [3.8, 4) is 0 Å². The Kier molecular flexibility index (Phi) is 3.57. The Morgan fingerprint density at radius 3 is 2.76 bits per heavy atom. The molecule has 1 fully saturated rings. The summed E-state index contributed by atoms with van der Waals surface area (Å²) in [6.07, 6.45) is 1.17. The van der Waals surface area contributed by atoms with Gasteiger partial charge in [0.15, 0.2) is 0 Å². The van der Waals surface area contributed by atoms with Gasteiger partial charge >= 0.3 is 0 Å². The van der Waals surface area contributed by atoms with E-state index in [2.05, 4.69) is 34.3 Å². The van der Waals surface area contributed by atoms with Gasteiger partial charge in [0.2, 0.25) is 0 Å². The lowest BCUT2D eigenvalue weighted by Gasteiger charge is -2.19. The van der Waals surface area contributed by atoms with E-state index in [4.69, 9.17) is 5.41 Å². The number of nitrogens with one attached hydrogen (secondary N) is 2. The molecule has 0 radical (unpaired) electrons. The molecule has 0 unspecified atom stereocenters. The molecule has 0 amide bonds.